The van der Waals surface area contributed by atoms with Crippen LogP contribution >= 0.6 is 0 Å². The third kappa shape index (κ3) is 2.51. The van der Waals surface area contributed by atoms with Crippen LogP contribution in [0.5, 0.6) is 0 Å². The largest absolute Gasteiger partial charge is 0.298 e. The van der Waals surface area contributed by atoms with Gasteiger partial charge in [-0.25, -0.2) is 0 Å². The van der Waals surface area contributed by atoms with Crippen molar-refractivity contribution in [3.8, 4) is 0 Å². The first-order chi connectivity index (χ1) is 10.3. The molecule has 1 nitrogen and oxygen atoms in total. The van der Waals surface area contributed by atoms with Crippen LogP contribution in [-0.2, 0) is 13.0 Å². The van der Waals surface area contributed by atoms with Crippen molar-refractivity contribution in [2.24, 2.45) is 11.8 Å². The molecule has 1 heteroatoms. The highest BCUT2D eigenvalue weighted by Gasteiger charge is 2.55. The molecule has 0 amide bonds. The molecule has 1 saturated carbocycles. The molecule has 1 saturated heterocycles. The number of likely N-dealkylation sites (tertiary alicyclic amines) is 1. The maximum absolute atomic E-state index is 2.63. The first-order valence-corrected chi connectivity index (χ1v) is 8.20. The Hall–Kier alpha value is -1.60. The minimum atomic E-state index is 0.836. The zero-order chi connectivity index (χ0) is 14.2. The van der Waals surface area contributed by atoms with Gasteiger partial charge in [-0.05, 0) is 40.9 Å². The fourth-order valence-electron chi connectivity index (χ4n) is 4.05. The van der Waals surface area contributed by atoms with Gasteiger partial charge in [0.1, 0.15) is 0 Å². The quantitative estimate of drug-likeness (QED) is 0.813. The highest BCUT2D eigenvalue weighted by atomic mass is 15.2. The monoisotopic (exact) mass is 277 g/mol. The van der Waals surface area contributed by atoms with E-state index in [2.05, 4.69) is 66.4 Å². The Morgan fingerprint density at radius 2 is 1.52 bits per heavy atom. The number of hydrogen-bond donors (Lipinski definition) is 0. The summed E-state index contributed by atoms with van der Waals surface area (Å²) in [4.78, 5) is 2.63. The number of rotatable bonds is 4. The van der Waals surface area contributed by atoms with Crippen molar-refractivity contribution in [1.82, 2.24) is 4.90 Å². The molecule has 108 valence electrons. The van der Waals surface area contributed by atoms with Crippen LogP contribution in [0.15, 0.2) is 54.6 Å². The lowest BCUT2D eigenvalue weighted by Gasteiger charge is -2.19. The van der Waals surface area contributed by atoms with Gasteiger partial charge in [0.05, 0.1) is 0 Å². The summed E-state index contributed by atoms with van der Waals surface area (Å²) in [7, 11) is 0. The van der Waals surface area contributed by atoms with Gasteiger partial charge in [-0.2, -0.15) is 0 Å². The Labute approximate surface area is 127 Å². The van der Waals surface area contributed by atoms with Crippen molar-refractivity contribution < 1.29 is 0 Å². The van der Waals surface area contributed by atoms with E-state index in [1.54, 1.807) is 5.56 Å². The molecule has 3 atom stereocenters. The summed E-state index contributed by atoms with van der Waals surface area (Å²) in [6.45, 7) is 5.90. The van der Waals surface area contributed by atoms with E-state index in [-0.39, 0.29) is 0 Å². The summed E-state index contributed by atoms with van der Waals surface area (Å²) in [5.74, 6) is 2.64. The molecule has 0 radical (unpaired) electrons. The van der Waals surface area contributed by atoms with Crippen LogP contribution in [0.4, 0.5) is 0 Å². The number of fused-ring (bicyclic) bond motifs is 1. The predicted octanol–water partition coefficient (Wildman–Crippen LogP) is 4.09. The molecule has 1 heterocycles. The summed E-state index contributed by atoms with van der Waals surface area (Å²) >= 11 is 0. The summed E-state index contributed by atoms with van der Waals surface area (Å²) in [6.07, 6.45) is 1.14. The van der Waals surface area contributed by atoms with Crippen LogP contribution < -0.4 is 0 Å². The van der Waals surface area contributed by atoms with Gasteiger partial charge in [-0.3, -0.25) is 4.90 Å². The second-order valence-corrected chi connectivity index (χ2v) is 6.63. The van der Waals surface area contributed by atoms with Gasteiger partial charge in [0.25, 0.3) is 0 Å². The smallest absolute Gasteiger partial charge is 0.0233 e. The predicted molar refractivity (Wildman–Crippen MR) is 87.3 cm³/mol. The Kier molecular flexibility index (Phi) is 3.31. The van der Waals surface area contributed by atoms with Crippen molar-refractivity contribution in [3.05, 3.63) is 71.3 Å². The lowest BCUT2D eigenvalue weighted by molar-refractivity contribution is 0.290. The topological polar surface area (TPSA) is 3.24 Å². The van der Waals surface area contributed by atoms with E-state index in [0.29, 0.717) is 0 Å². The number of hydrogen-bond acceptors (Lipinski definition) is 1. The average Bonchev–Trinajstić information content (AvgIpc) is 3.04. The normalized spacial score (nSPS) is 27.6. The number of aryl methyl sites for hydroxylation is 1. The van der Waals surface area contributed by atoms with Crippen LogP contribution in [0.1, 0.15) is 29.5 Å². The lowest BCUT2D eigenvalue weighted by atomic mass is 10.0. The van der Waals surface area contributed by atoms with Crippen molar-refractivity contribution in [1.29, 1.82) is 0 Å². The van der Waals surface area contributed by atoms with Gasteiger partial charge < -0.3 is 0 Å². The van der Waals surface area contributed by atoms with Gasteiger partial charge in [0.2, 0.25) is 0 Å². The Morgan fingerprint density at radius 3 is 2.14 bits per heavy atom. The molecule has 21 heavy (non-hydrogen) atoms. The van der Waals surface area contributed by atoms with E-state index < -0.39 is 0 Å². The van der Waals surface area contributed by atoms with Crippen molar-refractivity contribution >= 4 is 0 Å². The first kappa shape index (κ1) is 13.1. The van der Waals surface area contributed by atoms with Gasteiger partial charge in [-0.1, -0.05) is 61.5 Å². The average molecular weight is 277 g/mol. The van der Waals surface area contributed by atoms with Gasteiger partial charge in [0.15, 0.2) is 0 Å². The summed E-state index contributed by atoms with van der Waals surface area (Å²) in [5, 5.41) is 0. The van der Waals surface area contributed by atoms with Crippen molar-refractivity contribution in [3.63, 3.8) is 0 Å². The van der Waals surface area contributed by atoms with E-state index >= 15 is 0 Å². The summed E-state index contributed by atoms with van der Waals surface area (Å²) < 4.78 is 0. The summed E-state index contributed by atoms with van der Waals surface area (Å²) in [6, 6.07) is 20.2. The van der Waals surface area contributed by atoms with Crippen LogP contribution in [0.3, 0.4) is 0 Å². The van der Waals surface area contributed by atoms with E-state index in [9.17, 15) is 0 Å². The molecule has 0 bridgehead atoms. The second kappa shape index (κ2) is 5.31. The van der Waals surface area contributed by atoms with Crippen LogP contribution in [0, 0.1) is 11.8 Å². The van der Waals surface area contributed by atoms with Crippen molar-refractivity contribution in [2.45, 2.75) is 25.8 Å². The third-order valence-corrected chi connectivity index (χ3v) is 5.29. The molecule has 2 aromatic rings. The molecule has 1 aliphatic heterocycles. The minimum Gasteiger partial charge on any atom is -0.298 e. The fourth-order valence-corrected chi connectivity index (χ4v) is 4.05. The molecule has 2 fully saturated rings. The molecule has 1 aliphatic carbocycles. The fraction of sp³-hybridized carbons (Fsp3) is 0.400. The van der Waals surface area contributed by atoms with E-state index in [4.69, 9.17) is 0 Å². The van der Waals surface area contributed by atoms with Crippen LogP contribution in [0.25, 0.3) is 0 Å². The molecule has 0 aromatic heterocycles. The van der Waals surface area contributed by atoms with Gasteiger partial charge in [-0.15, -0.1) is 0 Å². The highest BCUT2D eigenvalue weighted by Crippen LogP contribution is 2.58. The number of nitrogens with zero attached hydrogens (tertiary/aromatic N) is 1. The molecule has 2 aliphatic rings. The molecule has 2 unspecified atom stereocenters. The van der Waals surface area contributed by atoms with E-state index in [0.717, 1.165) is 30.7 Å². The molecular weight excluding hydrogens is 254 g/mol. The Morgan fingerprint density at radius 1 is 0.857 bits per heavy atom. The van der Waals surface area contributed by atoms with Crippen molar-refractivity contribution in [2.75, 3.05) is 13.1 Å². The molecule has 0 N–H and O–H groups in total. The maximum Gasteiger partial charge on any atom is 0.0233 e. The second-order valence-electron chi connectivity index (χ2n) is 6.63. The molecular formula is C20H23N. The number of benzene rings is 2. The minimum absolute atomic E-state index is 0.836. The zero-order valence-electron chi connectivity index (χ0n) is 12.7. The molecule has 4 rings (SSSR count). The standard InChI is InChI=1S/C20H23N/c1-2-15-8-10-17(11-9-15)20-18-13-21(14-19(18)20)12-16-6-4-3-5-7-16/h3-11,18-20H,2,12-14H2,1H3/t18-,19?,20?/m1/s1. The lowest BCUT2D eigenvalue weighted by Crippen LogP contribution is -2.23. The third-order valence-electron chi connectivity index (χ3n) is 5.29. The van der Waals surface area contributed by atoms with Crippen LogP contribution in [0.2, 0.25) is 0 Å². The highest BCUT2D eigenvalue weighted by molar-refractivity contribution is 5.33. The Balaban J connectivity index is 1.36. The summed E-state index contributed by atoms with van der Waals surface area (Å²) in [5.41, 5.74) is 4.47. The number of piperidine rings is 1. The maximum atomic E-state index is 2.63. The zero-order valence-corrected chi connectivity index (χ0v) is 12.7. The molecule has 2 aromatic carbocycles. The SMILES string of the molecule is CCc1ccc(C2C3CN(Cc4ccccc4)C[C@H]32)cc1. The van der Waals surface area contributed by atoms with E-state index in [1.165, 1.54) is 24.2 Å². The first-order valence-electron chi connectivity index (χ1n) is 8.20. The van der Waals surface area contributed by atoms with Gasteiger partial charge >= 0.3 is 0 Å². The Bertz CT molecular complexity index is 589. The van der Waals surface area contributed by atoms with E-state index in [1.807, 2.05) is 0 Å². The molecule has 0 spiro atoms. The van der Waals surface area contributed by atoms with Crippen LogP contribution in [-0.4, -0.2) is 18.0 Å². The van der Waals surface area contributed by atoms with Gasteiger partial charge in [0, 0.05) is 19.6 Å².